The van der Waals surface area contributed by atoms with Gasteiger partial charge in [-0.1, -0.05) is 23.3 Å². The molecular formula is C18H25N5O2S. The molecule has 1 atom stereocenters. The van der Waals surface area contributed by atoms with Crippen LogP contribution >= 0.6 is 11.8 Å². The summed E-state index contributed by atoms with van der Waals surface area (Å²) in [5.41, 5.74) is 0.782. The van der Waals surface area contributed by atoms with Crippen molar-refractivity contribution in [3.8, 4) is 11.4 Å². The number of rotatable bonds is 7. The molecule has 2 aromatic heterocycles. The summed E-state index contributed by atoms with van der Waals surface area (Å²) >= 11 is 1.39. The predicted octanol–water partition coefficient (Wildman–Crippen LogP) is 2.52. The zero-order chi connectivity index (χ0) is 18.4. The molecule has 0 aliphatic carbocycles. The third-order valence-corrected chi connectivity index (χ3v) is 5.55. The van der Waals surface area contributed by atoms with Gasteiger partial charge in [-0.2, -0.15) is 4.98 Å². The van der Waals surface area contributed by atoms with E-state index in [9.17, 15) is 4.79 Å². The smallest absolute Gasteiger partial charge is 0.230 e. The van der Waals surface area contributed by atoms with Crippen molar-refractivity contribution in [2.75, 3.05) is 25.4 Å². The molecule has 3 rings (SSSR count). The van der Waals surface area contributed by atoms with Gasteiger partial charge in [0.05, 0.1) is 11.3 Å². The summed E-state index contributed by atoms with van der Waals surface area (Å²) in [7, 11) is 0. The molecule has 3 heterocycles. The molecule has 1 amide bonds. The highest BCUT2D eigenvalue weighted by Crippen LogP contribution is 2.27. The van der Waals surface area contributed by atoms with Crippen molar-refractivity contribution in [3.05, 3.63) is 24.2 Å². The molecule has 1 aliphatic heterocycles. The van der Waals surface area contributed by atoms with Crippen LogP contribution < -0.4 is 5.32 Å². The number of amides is 1. The summed E-state index contributed by atoms with van der Waals surface area (Å²) in [6, 6.07) is 4.32. The van der Waals surface area contributed by atoms with Gasteiger partial charge in [0, 0.05) is 32.3 Å². The van der Waals surface area contributed by atoms with Crippen molar-refractivity contribution in [2.45, 2.75) is 44.2 Å². The lowest BCUT2D eigenvalue weighted by atomic mass is 10.0. The lowest BCUT2D eigenvalue weighted by Gasteiger charge is -2.33. The molecule has 0 bridgehead atoms. The van der Waals surface area contributed by atoms with Crippen LogP contribution in [-0.2, 0) is 4.79 Å². The molecule has 140 valence electrons. The van der Waals surface area contributed by atoms with Crippen LogP contribution in [0.15, 0.2) is 27.9 Å². The molecule has 2 aromatic rings. The summed E-state index contributed by atoms with van der Waals surface area (Å²) in [5, 5.41) is 7.67. The minimum Gasteiger partial charge on any atom is -0.354 e. The number of carbonyl (C=O) groups is 1. The summed E-state index contributed by atoms with van der Waals surface area (Å²) < 4.78 is 5.04. The second-order valence-corrected chi connectivity index (χ2v) is 7.48. The van der Waals surface area contributed by atoms with Gasteiger partial charge < -0.3 is 9.84 Å². The van der Waals surface area contributed by atoms with Gasteiger partial charge in [0.1, 0.15) is 5.03 Å². The van der Waals surface area contributed by atoms with E-state index in [0.29, 0.717) is 30.1 Å². The van der Waals surface area contributed by atoms with Crippen molar-refractivity contribution in [2.24, 2.45) is 0 Å². The van der Waals surface area contributed by atoms with E-state index in [0.717, 1.165) is 23.7 Å². The molecule has 26 heavy (non-hydrogen) atoms. The molecule has 1 N–H and O–H groups in total. The standard InChI is InChI=1S/C18H25N5O2S/c1-13-6-3-4-10-23(13)11-9-19-16(24)12-26-18-15(7-5-8-20-18)17-21-14(2)25-22-17/h5,7-8,13H,3-4,6,9-12H2,1-2H3,(H,19,24). The van der Waals surface area contributed by atoms with Gasteiger partial charge in [0.15, 0.2) is 0 Å². The van der Waals surface area contributed by atoms with E-state index in [2.05, 4.69) is 32.3 Å². The Hall–Kier alpha value is -1.93. The monoisotopic (exact) mass is 375 g/mol. The zero-order valence-corrected chi connectivity index (χ0v) is 16.1. The Balaban J connectivity index is 1.47. The molecule has 1 saturated heterocycles. The first-order valence-electron chi connectivity index (χ1n) is 9.02. The Kier molecular flexibility index (Phi) is 6.62. The predicted molar refractivity (Wildman–Crippen MR) is 101 cm³/mol. The maximum Gasteiger partial charge on any atom is 0.230 e. The minimum absolute atomic E-state index is 0.0144. The number of thioether (sulfide) groups is 1. The maximum atomic E-state index is 12.2. The fourth-order valence-electron chi connectivity index (χ4n) is 3.10. The SMILES string of the molecule is Cc1nc(-c2cccnc2SCC(=O)NCCN2CCCCC2C)no1. The van der Waals surface area contributed by atoms with Crippen LogP contribution in [0.3, 0.4) is 0 Å². The van der Waals surface area contributed by atoms with Gasteiger partial charge in [-0.3, -0.25) is 9.69 Å². The van der Waals surface area contributed by atoms with Crippen LogP contribution in [-0.4, -0.2) is 57.4 Å². The summed E-state index contributed by atoms with van der Waals surface area (Å²) in [6.07, 6.45) is 5.52. The molecule has 1 aliphatic rings. The summed E-state index contributed by atoms with van der Waals surface area (Å²) in [4.78, 5) is 23.2. The number of aromatic nitrogens is 3. The topological polar surface area (TPSA) is 84.2 Å². The highest BCUT2D eigenvalue weighted by Gasteiger charge is 2.18. The van der Waals surface area contributed by atoms with E-state index in [1.807, 2.05) is 12.1 Å². The van der Waals surface area contributed by atoms with Crippen LogP contribution in [0, 0.1) is 6.92 Å². The zero-order valence-electron chi connectivity index (χ0n) is 15.3. The van der Waals surface area contributed by atoms with Gasteiger partial charge in [-0.15, -0.1) is 0 Å². The summed E-state index contributed by atoms with van der Waals surface area (Å²) in [6.45, 7) is 6.74. The molecule has 0 radical (unpaired) electrons. The largest absolute Gasteiger partial charge is 0.354 e. The van der Waals surface area contributed by atoms with Crippen molar-refractivity contribution in [1.29, 1.82) is 0 Å². The second kappa shape index (κ2) is 9.14. The number of carbonyl (C=O) groups excluding carboxylic acids is 1. The highest BCUT2D eigenvalue weighted by atomic mass is 32.2. The molecule has 0 saturated carbocycles. The number of nitrogens with one attached hydrogen (secondary N) is 1. The van der Waals surface area contributed by atoms with E-state index in [1.165, 1.54) is 31.0 Å². The number of nitrogens with zero attached hydrogens (tertiary/aromatic N) is 4. The number of hydrogen-bond acceptors (Lipinski definition) is 7. The number of likely N-dealkylation sites (tertiary alicyclic amines) is 1. The Morgan fingerprint density at radius 3 is 3.12 bits per heavy atom. The van der Waals surface area contributed by atoms with E-state index in [4.69, 9.17) is 4.52 Å². The van der Waals surface area contributed by atoms with Crippen LogP contribution in [0.2, 0.25) is 0 Å². The molecule has 7 nitrogen and oxygen atoms in total. The Morgan fingerprint density at radius 2 is 2.35 bits per heavy atom. The van der Waals surface area contributed by atoms with E-state index >= 15 is 0 Å². The highest BCUT2D eigenvalue weighted by molar-refractivity contribution is 8.00. The fourth-order valence-corrected chi connectivity index (χ4v) is 3.92. The van der Waals surface area contributed by atoms with Crippen LogP contribution in [0.5, 0.6) is 0 Å². The lowest BCUT2D eigenvalue weighted by Crippen LogP contribution is -2.42. The number of piperidine rings is 1. The van der Waals surface area contributed by atoms with Gasteiger partial charge in [-0.05, 0) is 38.4 Å². The van der Waals surface area contributed by atoms with Crippen molar-refractivity contribution in [3.63, 3.8) is 0 Å². The van der Waals surface area contributed by atoms with E-state index in [-0.39, 0.29) is 5.91 Å². The van der Waals surface area contributed by atoms with Crippen molar-refractivity contribution < 1.29 is 9.32 Å². The van der Waals surface area contributed by atoms with Crippen LogP contribution in [0.25, 0.3) is 11.4 Å². The minimum atomic E-state index is 0.0144. The van der Waals surface area contributed by atoms with Gasteiger partial charge in [-0.25, -0.2) is 4.98 Å². The third kappa shape index (κ3) is 5.04. The molecule has 8 heteroatoms. The first-order chi connectivity index (χ1) is 12.6. The molecule has 1 unspecified atom stereocenters. The van der Waals surface area contributed by atoms with Crippen LogP contribution in [0.1, 0.15) is 32.1 Å². The second-order valence-electron chi connectivity index (χ2n) is 6.51. The average molecular weight is 375 g/mol. The number of hydrogen-bond donors (Lipinski definition) is 1. The number of pyridine rings is 1. The Morgan fingerprint density at radius 1 is 1.46 bits per heavy atom. The maximum absolute atomic E-state index is 12.2. The molecule has 1 fully saturated rings. The molecule has 0 spiro atoms. The number of aryl methyl sites for hydroxylation is 1. The third-order valence-electron chi connectivity index (χ3n) is 4.54. The van der Waals surface area contributed by atoms with E-state index in [1.54, 1.807) is 13.1 Å². The van der Waals surface area contributed by atoms with Crippen molar-refractivity contribution >= 4 is 17.7 Å². The van der Waals surface area contributed by atoms with Crippen molar-refractivity contribution in [1.82, 2.24) is 25.3 Å². The normalized spacial score (nSPS) is 18.0. The van der Waals surface area contributed by atoms with E-state index < -0.39 is 0 Å². The van der Waals surface area contributed by atoms with Gasteiger partial charge in [0.2, 0.25) is 17.6 Å². The quantitative estimate of drug-likeness (QED) is 0.744. The molecule has 0 aromatic carbocycles. The Bertz CT molecular complexity index is 736. The summed E-state index contributed by atoms with van der Waals surface area (Å²) in [5.74, 6) is 1.33. The molecular weight excluding hydrogens is 350 g/mol. The fraction of sp³-hybridized carbons (Fsp3) is 0.556. The lowest BCUT2D eigenvalue weighted by molar-refractivity contribution is -0.118. The van der Waals surface area contributed by atoms with Gasteiger partial charge in [0.25, 0.3) is 0 Å². The van der Waals surface area contributed by atoms with Gasteiger partial charge >= 0.3 is 0 Å². The Labute approximate surface area is 157 Å². The first-order valence-corrected chi connectivity index (χ1v) is 10.0. The van der Waals surface area contributed by atoms with Crippen LogP contribution in [0.4, 0.5) is 0 Å². The average Bonchev–Trinajstić information content (AvgIpc) is 3.08. The first kappa shape index (κ1) is 18.8.